The number of nitrogens with one attached hydrogen (secondary N) is 1. The minimum atomic E-state index is -0.0265. The van der Waals surface area contributed by atoms with Crippen molar-refractivity contribution in [1.29, 1.82) is 0 Å². The van der Waals surface area contributed by atoms with Crippen LogP contribution in [-0.2, 0) is 4.79 Å². The topological polar surface area (TPSA) is 84.7 Å². The molecule has 1 unspecified atom stereocenters. The van der Waals surface area contributed by atoms with Crippen molar-refractivity contribution in [3.63, 3.8) is 0 Å². The molecular weight excluding hydrogens is 290 g/mol. The van der Waals surface area contributed by atoms with Crippen molar-refractivity contribution >= 4 is 33.7 Å². The van der Waals surface area contributed by atoms with Gasteiger partial charge in [0.1, 0.15) is 5.00 Å². The van der Waals surface area contributed by atoms with Crippen molar-refractivity contribution in [3.8, 4) is 5.75 Å². The number of methoxy groups -OCH3 is 1. The summed E-state index contributed by atoms with van der Waals surface area (Å²) < 4.78 is 5.38. The quantitative estimate of drug-likeness (QED) is 0.808. The number of nitrogens with zero attached hydrogens (tertiary/aromatic N) is 1. The van der Waals surface area contributed by atoms with Gasteiger partial charge in [-0.2, -0.15) is 0 Å². The monoisotopic (exact) mass is 311 g/mol. The zero-order chi connectivity index (χ0) is 15.6. The van der Waals surface area contributed by atoms with Crippen molar-refractivity contribution < 1.29 is 14.3 Å². The molecule has 1 fully saturated rings. The van der Waals surface area contributed by atoms with E-state index in [2.05, 4.69) is 10.2 Å². The molecular formula is C14H21N3O3S. The minimum absolute atomic E-state index is 0.0265. The van der Waals surface area contributed by atoms with E-state index in [9.17, 15) is 9.59 Å². The molecule has 0 bridgehead atoms. The Hall–Kier alpha value is -1.76. The Labute approximate surface area is 128 Å². The number of Topliss-reactive ketones (excluding diaryl/α,β-unsaturated/α-hetero) is 1. The molecule has 1 aliphatic heterocycles. The van der Waals surface area contributed by atoms with Crippen molar-refractivity contribution in [2.75, 3.05) is 30.8 Å². The predicted octanol–water partition coefficient (Wildman–Crippen LogP) is 1.65. The molecule has 2 rings (SSSR count). The van der Waals surface area contributed by atoms with Crippen LogP contribution < -0.4 is 20.7 Å². The maximum Gasteiger partial charge on any atom is 0.217 e. The fourth-order valence-electron chi connectivity index (χ4n) is 2.54. The molecule has 1 amide bonds. The SMILES string of the molecule is CCC(=O)c1sc(N2CCC(NC(C)=O)C2)c(OC)c1N. The highest BCUT2D eigenvalue weighted by Crippen LogP contribution is 2.46. The van der Waals surface area contributed by atoms with Gasteiger partial charge in [0.15, 0.2) is 11.5 Å². The number of hydrogen-bond donors (Lipinski definition) is 2. The fourth-order valence-corrected chi connectivity index (χ4v) is 3.77. The summed E-state index contributed by atoms with van der Waals surface area (Å²) in [6.07, 6.45) is 1.29. The maximum atomic E-state index is 11.9. The van der Waals surface area contributed by atoms with E-state index in [1.165, 1.54) is 18.3 Å². The first-order chi connectivity index (χ1) is 9.97. The van der Waals surface area contributed by atoms with Crippen molar-refractivity contribution in [1.82, 2.24) is 5.32 Å². The van der Waals surface area contributed by atoms with Crippen LogP contribution >= 0.6 is 11.3 Å². The maximum absolute atomic E-state index is 11.9. The van der Waals surface area contributed by atoms with E-state index in [1.54, 1.807) is 7.11 Å². The van der Waals surface area contributed by atoms with E-state index >= 15 is 0 Å². The highest BCUT2D eigenvalue weighted by molar-refractivity contribution is 7.19. The van der Waals surface area contributed by atoms with Crippen LogP contribution in [0.25, 0.3) is 0 Å². The molecule has 21 heavy (non-hydrogen) atoms. The van der Waals surface area contributed by atoms with Gasteiger partial charge in [-0.25, -0.2) is 0 Å². The normalized spacial score (nSPS) is 17.9. The number of thiophene rings is 1. The van der Waals surface area contributed by atoms with Crippen LogP contribution in [-0.4, -0.2) is 37.9 Å². The van der Waals surface area contributed by atoms with Gasteiger partial charge in [0.05, 0.1) is 17.7 Å². The number of nitrogen functional groups attached to an aromatic ring is 1. The van der Waals surface area contributed by atoms with Gasteiger partial charge in [-0.05, 0) is 6.42 Å². The van der Waals surface area contributed by atoms with Crippen molar-refractivity contribution in [2.24, 2.45) is 0 Å². The lowest BCUT2D eigenvalue weighted by Crippen LogP contribution is -2.35. The Kier molecular flexibility index (Phi) is 4.72. The summed E-state index contributed by atoms with van der Waals surface area (Å²) in [4.78, 5) is 25.8. The lowest BCUT2D eigenvalue weighted by molar-refractivity contribution is -0.119. The second-order valence-corrected chi connectivity index (χ2v) is 6.09. The molecule has 0 spiro atoms. The Morgan fingerprint density at radius 1 is 1.52 bits per heavy atom. The van der Waals surface area contributed by atoms with Crippen molar-refractivity contribution in [3.05, 3.63) is 4.88 Å². The standard InChI is InChI=1S/C14H21N3O3S/c1-4-10(19)13-11(15)12(20-3)14(21-13)17-6-5-9(7-17)16-8(2)18/h9H,4-7,15H2,1-3H3,(H,16,18). The first-order valence-electron chi connectivity index (χ1n) is 6.99. The van der Waals surface area contributed by atoms with Crippen LogP contribution in [0, 0.1) is 0 Å². The summed E-state index contributed by atoms with van der Waals surface area (Å²) in [5, 5.41) is 3.79. The summed E-state index contributed by atoms with van der Waals surface area (Å²) in [7, 11) is 1.56. The molecule has 116 valence electrons. The average Bonchev–Trinajstić information content (AvgIpc) is 3.01. The zero-order valence-corrected chi connectivity index (χ0v) is 13.4. The molecule has 0 radical (unpaired) electrons. The van der Waals surface area contributed by atoms with E-state index in [0.717, 1.165) is 18.0 Å². The van der Waals surface area contributed by atoms with E-state index in [4.69, 9.17) is 10.5 Å². The molecule has 1 aliphatic rings. The fraction of sp³-hybridized carbons (Fsp3) is 0.571. The lowest BCUT2D eigenvalue weighted by atomic mass is 10.2. The molecule has 0 aromatic carbocycles. The number of ketones is 1. The van der Waals surface area contributed by atoms with Gasteiger partial charge in [-0.15, -0.1) is 11.3 Å². The van der Waals surface area contributed by atoms with Gasteiger partial charge < -0.3 is 20.7 Å². The van der Waals surface area contributed by atoms with Crippen LogP contribution in [0.4, 0.5) is 10.7 Å². The highest BCUT2D eigenvalue weighted by Gasteiger charge is 2.30. The van der Waals surface area contributed by atoms with Gasteiger partial charge in [0.25, 0.3) is 0 Å². The van der Waals surface area contributed by atoms with E-state index in [1.807, 2.05) is 6.92 Å². The number of hydrogen-bond acceptors (Lipinski definition) is 6. The van der Waals surface area contributed by atoms with E-state index in [-0.39, 0.29) is 17.7 Å². The molecule has 0 saturated carbocycles. The smallest absolute Gasteiger partial charge is 0.217 e. The zero-order valence-electron chi connectivity index (χ0n) is 12.6. The molecule has 7 heteroatoms. The third-order valence-electron chi connectivity index (χ3n) is 3.54. The van der Waals surface area contributed by atoms with Crippen LogP contribution in [0.1, 0.15) is 36.4 Å². The van der Waals surface area contributed by atoms with Gasteiger partial charge in [-0.1, -0.05) is 6.92 Å². The molecule has 3 N–H and O–H groups in total. The third kappa shape index (κ3) is 3.12. The lowest BCUT2D eigenvalue weighted by Gasteiger charge is -2.18. The second kappa shape index (κ2) is 6.34. The first kappa shape index (κ1) is 15.6. The van der Waals surface area contributed by atoms with Gasteiger partial charge in [0, 0.05) is 32.5 Å². The Morgan fingerprint density at radius 3 is 2.81 bits per heavy atom. The number of anilines is 2. The predicted molar refractivity (Wildman–Crippen MR) is 84.3 cm³/mol. The number of rotatable bonds is 5. The average molecular weight is 311 g/mol. The van der Waals surface area contributed by atoms with Crippen molar-refractivity contribution in [2.45, 2.75) is 32.7 Å². The third-order valence-corrected chi connectivity index (χ3v) is 4.83. The number of nitrogens with two attached hydrogens (primary N) is 1. The van der Waals surface area contributed by atoms with Gasteiger partial charge in [-0.3, -0.25) is 9.59 Å². The summed E-state index contributed by atoms with van der Waals surface area (Å²) in [5.74, 6) is 0.571. The first-order valence-corrected chi connectivity index (χ1v) is 7.81. The minimum Gasteiger partial charge on any atom is -0.492 e. The number of amides is 1. The van der Waals surface area contributed by atoms with Crippen LogP contribution in [0.3, 0.4) is 0 Å². The van der Waals surface area contributed by atoms with E-state index < -0.39 is 0 Å². The molecule has 0 aliphatic carbocycles. The molecule has 1 atom stereocenters. The number of carbonyl (C=O) groups excluding carboxylic acids is 2. The van der Waals surface area contributed by atoms with E-state index in [0.29, 0.717) is 29.3 Å². The Bertz CT molecular complexity index is 556. The Balaban J connectivity index is 2.24. The summed E-state index contributed by atoms with van der Waals surface area (Å²) in [5.41, 5.74) is 6.47. The van der Waals surface area contributed by atoms with Crippen LogP contribution in [0.5, 0.6) is 5.75 Å². The highest BCUT2D eigenvalue weighted by atomic mass is 32.1. The van der Waals surface area contributed by atoms with Gasteiger partial charge >= 0.3 is 0 Å². The molecule has 1 saturated heterocycles. The molecule has 2 heterocycles. The summed E-state index contributed by atoms with van der Waals surface area (Å²) >= 11 is 1.38. The largest absolute Gasteiger partial charge is 0.492 e. The molecule has 1 aromatic heterocycles. The molecule has 1 aromatic rings. The molecule has 6 nitrogen and oxygen atoms in total. The van der Waals surface area contributed by atoms with Crippen LogP contribution in [0.15, 0.2) is 0 Å². The second-order valence-electron chi connectivity index (χ2n) is 5.09. The summed E-state index contributed by atoms with van der Waals surface area (Å²) in [6, 6.07) is 0.126. The summed E-state index contributed by atoms with van der Waals surface area (Å²) in [6.45, 7) is 4.84. The number of carbonyl (C=O) groups is 2. The van der Waals surface area contributed by atoms with Crippen LogP contribution in [0.2, 0.25) is 0 Å². The number of ether oxygens (including phenoxy) is 1. The Morgan fingerprint density at radius 2 is 2.24 bits per heavy atom. The van der Waals surface area contributed by atoms with Gasteiger partial charge in [0.2, 0.25) is 5.91 Å².